The van der Waals surface area contributed by atoms with Gasteiger partial charge in [-0.25, -0.2) is 4.98 Å². The second-order valence-electron chi connectivity index (χ2n) is 15.7. The van der Waals surface area contributed by atoms with Crippen LogP contribution in [0.15, 0.2) is 211 Å². The summed E-state index contributed by atoms with van der Waals surface area (Å²) in [5.74, 6) is 0.851. The normalized spacial score (nSPS) is 12.5. The molecule has 0 amide bonds. The lowest BCUT2D eigenvalue weighted by Crippen LogP contribution is -2.06. The molecule has 294 valence electrons. The van der Waals surface area contributed by atoms with Gasteiger partial charge in [0.2, 0.25) is 5.95 Å². The van der Waals surface area contributed by atoms with E-state index in [1.165, 1.54) is 20.2 Å². The minimum Gasteiger partial charge on any atom is -0.456 e. The van der Waals surface area contributed by atoms with Gasteiger partial charge in [0.05, 0.1) is 15.1 Å². The Balaban J connectivity index is 1.12. The summed E-state index contributed by atoms with van der Waals surface area (Å²) in [6.07, 6.45) is 0. The fourth-order valence-corrected chi connectivity index (χ4v) is 10.3. The first-order valence-electron chi connectivity index (χ1n) is 22.4. The molecule has 0 aliphatic carbocycles. The molecule has 0 fully saturated rings. The van der Waals surface area contributed by atoms with Gasteiger partial charge in [0.1, 0.15) is 11.2 Å². The molecule has 0 bridgehead atoms. The number of fused-ring (bicyclic) bond motifs is 10. The average Bonchev–Trinajstić information content (AvgIpc) is 4.04. The van der Waals surface area contributed by atoms with Gasteiger partial charge in [0, 0.05) is 52.8 Å². The van der Waals surface area contributed by atoms with Crippen molar-refractivity contribution < 1.29 is 8.53 Å². The van der Waals surface area contributed by atoms with Crippen LogP contribution in [0.3, 0.4) is 0 Å². The molecule has 0 saturated carbocycles. The Morgan fingerprint density at radius 3 is 1.78 bits per heavy atom. The molecule has 13 rings (SSSR count). The number of furan rings is 1. The van der Waals surface area contributed by atoms with E-state index in [9.17, 15) is 4.11 Å². The fraction of sp³-hybridized carbons (Fsp3) is 0. The molecule has 0 atom stereocenters. The van der Waals surface area contributed by atoms with E-state index in [-0.39, 0.29) is 29.5 Å². The summed E-state index contributed by atoms with van der Waals surface area (Å²) in [7, 11) is 0. The first-order valence-corrected chi connectivity index (χ1v) is 21.7. The average molecular weight is 826 g/mol. The van der Waals surface area contributed by atoms with Crippen LogP contribution < -0.4 is 0 Å². The first kappa shape index (κ1) is 32.6. The van der Waals surface area contributed by atoms with Crippen molar-refractivity contribution in [3.63, 3.8) is 0 Å². The molecule has 0 aliphatic rings. The summed E-state index contributed by atoms with van der Waals surface area (Å²) >= 11 is 1.78. The smallest absolute Gasteiger partial charge is 0.238 e. The third-order valence-electron chi connectivity index (χ3n) is 11.9. The largest absolute Gasteiger partial charge is 0.456 e. The van der Waals surface area contributed by atoms with Gasteiger partial charge in [-0.3, -0.25) is 4.57 Å². The van der Waals surface area contributed by atoms with Crippen LogP contribution in [0.2, 0.25) is 0 Å². The van der Waals surface area contributed by atoms with Crippen molar-refractivity contribution >= 4 is 75.3 Å². The van der Waals surface area contributed by atoms with E-state index in [1.807, 2.05) is 109 Å². The van der Waals surface area contributed by atoms with Gasteiger partial charge in [-0.05, 0) is 87.9 Å². The summed E-state index contributed by atoms with van der Waals surface area (Å²) < 4.78 is 40.4. The number of hydrogen-bond donors (Lipinski definition) is 0. The van der Waals surface area contributed by atoms with E-state index in [1.54, 1.807) is 11.3 Å². The number of nitrogens with zero attached hydrogens (tertiary/aromatic N) is 4. The Morgan fingerprint density at radius 2 is 1.03 bits per heavy atom. The molecule has 9 aromatic carbocycles. The van der Waals surface area contributed by atoms with E-state index in [4.69, 9.17) is 19.4 Å². The number of para-hydroxylation sites is 1. The van der Waals surface area contributed by atoms with Crippen LogP contribution in [-0.2, 0) is 0 Å². The van der Waals surface area contributed by atoms with Gasteiger partial charge >= 0.3 is 0 Å². The third kappa shape index (κ3) is 5.80. The molecule has 13 aromatic rings. The maximum absolute atomic E-state index is 9.89. The zero-order valence-electron chi connectivity index (χ0n) is 36.5. The molecule has 4 aromatic heterocycles. The van der Waals surface area contributed by atoms with Crippen molar-refractivity contribution in [1.82, 2.24) is 19.5 Å². The lowest BCUT2D eigenvalue weighted by molar-refractivity contribution is 0.669. The molecule has 6 heteroatoms. The van der Waals surface area contributed by atoms with E-state index in [2.05, 4.69) is 83.4 Å². The number of benzene rings is 9. The maximum Gasteiger partial charge on any atom is 0.238 e. The summed E-state index contributed by atoms with van der Waals surface area (Å²) in [6, 6.07) is 62.8. The Bertz CT molecular complexity index is 4020. The van der Waals surface area contributed by atoms with Crippen molar-refractivity contribution in [3.8, 4) is 62.1 Å². The van der Waals surface area contributed by atoms with Gasteiger partial charge in [0.15, 0.2) is 11.6 Å². The van der Waals surface area contributed by atoms with Crippen LogP contribution in [0, 0.1) is 0 Å². The molecule has 0 saturated heterocycles. The second-order valence-corrected chi connectivity index (χ2v) is 16.7. The van der Waals surface area contributed by atoms with Crippen molar-refractivity contribution in [1.29, 1.82) is 0 Å². The van der Waals surface area contributed by atoms with Gasteiger partial charge < -0.3 is 4.42 Å². The molecule has 0 radical (unpaired) electrons. The van der Waals surface area contributed by atoms with Gasteiger partial charge in [-0.15, -0.1) is 11.3 Å². The Kier molecular flexibility index (Phi) is 7.34. The van der Waals surface area contributed by atoms with Crippen LogP contribution in [0.5, 0.6) is 0 Å². The number of rotatable bonds is 6. The molecule has 63 heavy (non-hydrogen) atoms. The van der Waals surface area contributed by atoms with Crippen molar-refractivity contribution in [3.05, 3.63) is 206 Å². The zero-order chi connectivity index (χ0) is 44.0. The van der Waals surface area contributed by atoms with Crippen LogP contribution in [0.4, 0.5) is 0 Å². The van der Waals surface area contributed by atoms with Crippen molar-refractivity contribution in [2.45, 2.75) is 0 Å². The van der Waals surface area contributed by atoms with E-state index in [0.717, 1.165) is 49.3 Å². The topological polar surface area (TPSA) is 56.7 Å². The monoisotopic (exact) mass is 825 g/mol. The maximum atomic E-state index is 9.89. The standard InChI is InChI=1S/C57H34N4OS/c1-4-15-35(16-5-1)39-31-40(36-17-6-2-7-18-36)33-41(32-39)56-58-55(38-27-28-46-50(34-38)62-49-25-14-23-42(52(46)49)37-19-8-3-9-20-37)59-57(60-56)61-47-24-12-10-22-45(47)53-48(61)30-29-44-43-21-11-13-26-51(43)63-54(44)53/h1-34H/i31D,32D,33D. The summed E-state index contributed by atoms with van der Waals surface area (Å²) in [5, 5.41) is 6.55. The highest BCUT2D eigenvalue weighted by atomic mass is 32.1. The van der Waals surface area contributed by atoms with Gasteiger partial charge in [0.25, 0.3) is 0 Å². The van der Waals surface area contributed by atoms with E-state index < -0.39 is 0 Å². The van der Waals surface area contributed by atoms with Crippen LogP contribution in [0.25, 0.3) is 126 Å². The quantitative estimate of drug-likeness (QED) is 0.168. The highest BCUT2D eigenvalue weighted by Crippen LogP contribution is 2.44. The predicted octanol–water partition coefficient (Wildman–Crippen LogP) is 15.6. The number of aromatic nitrogens is 4. The molecule has 0 aliphatic heterocycles. The molecular formula is C57H34N4OS. The summed E-state index contributed by atoms with van der Waals surface area (Å²) in [4.78, 5) is 15.8. The Hall–Kier alpha value is -8.19. The molecule has 0 spiro atoms. The van der Waals surface area contributed by atoms with Crippen LogP contribution >= 0.6 is 11.3 Å². The lowest BCUT2D eigenvalue weighted by Gasteiger charge is -2.13. The molecule has 0 N–H and O–H groups in total. The van der Waals surface area contributed by atoms with E-state index >= 15 is 0 Å². The highest BCUT2D eigenvalue weighted by molar-refractivity contribution is 7.26. The van der Waals surface area contributed by atoms with Crippen LogP contribution in [0.1, 0.15) is 4.11 Å². The first-order chi connectivity index (χ1) is 32.5. The zero-order valence-corrected chi connectivity index (χ0v) is 34.3. The van der Waals surface area contributed by atoms with Crippen molar-refractivity contribution in [2.24, 2.45) is 0 Å². The van der Waals surface area contributed by atoms with Gasteiger partial charge in [-0.2, -0.15) is 9.97 Å². The lowest BCUT2D eigenvalue weighted by atomic mass is 9.96. The highest BCUT2D eigenvalue weighted by Gasteiger charge is 2.22. The molecular weight excluding hydrogens is 789 g/mol. The fourth-order valence-electron chi connectivity index (χ4n) is 9.06. The number of thiophene rings is 1. The van der Waals surface area contributed by atoms with Crippen LogP contribution in [-0.4, -0.2) is 19.5 Å². The minimum atomic E-state index is -0.00522. The summed E-state index contributed by atoms with van der Waals surface area (Å²) in [6.45, 7) is 0. The van der Waals surface area contributed by atoms with E-state index in [0.29, 0.717) is 45.2 Å². The summed E-state index contributed by atoms with van der Waals surface area (Å²) in [5.41, 5.74) is 8.53. The Labute approximate surface area is 370 Å². The Morgan fingerprint density at radius 1 is 0.413 bits per heavy atom. The SMILES string of the molecule is [2H]c1c(-c2ccccc2)c([2H])c(-c2nc(-c3ccc4c(c3)oc3cccc(-c5ccccc5)c34)nc(-n3c4ccccc4c4c5sc6ccccc6c5ccc43)n2)c([2H])c1-c1ccccc1. The van der Waals surface area contributed by atoms with Crippen molar-refractivity contribution in [2.75, 3.05) is 0 Å². The minimum absolute atomic E-state index is 0.00522. The molecule has 5 nitrogen and oxygen atoms in total. The molecule has 0 unspecified atom stereocenters. The van der Waals surface area contributed by atoms with Gasteiger partial charge in [-0.1, -0.05) is 152 Å². The predicted molar refractivity (Wildman–Crippen MR) is 262 cm³/mol. The third-order valence-corrected chi connectivity index (χ3v) is 13.1. The molecule has 4 heterocycles. The second kappa shape index (κ2) is 14.2. The number of hydrogen-bond acceptors (Lipinski definition) is 5.